The van der Waals surface area contributed by atoms with Crippen LogP contribution in [0.15, 0.2) is 65.4 Å². The van der Waals surface area contributed by atoms with E-state index in [1.807, 2.05) is 31.1 Å². The van der Waals surface area contributed by atoms with Crippen molar-refractivity contribution in [3.05, 3.63) is 77.1 Å². The highest BCUT2D eigenvalue weighted by Crippen LogP contribution is 2.55. The Labute approximate surface area is 355 Å². The zero-order chi connectivity index (χ0) is 45.2. The topological polar surface area (TPSA) is 217 Å². The van der Waals surface area contributed by atoms with Crippen molar-refractivity contribution < 1.29 is 58.9 Å². The molecule has 9 atom stereocenters. The van der Waals surface area contributed by atoms with Crippen LogP contribution < -0.4 is 15.0 Å². The molecule has 0 radical (unpaired) electrons. The second kappa shape index (κ2) is 18.4. The number of hydrogen-bond acceptors (Lipinski definition) is 14. The molecule has 3 aromatic rings. The molecule has 0 saturated heterocycles. The number of benzene rings is 3. The van der Waals surface area contributed by atoms with Crippen molar-refractivity contribution in [1.29, 1.82) is 0 Å². The Morgan fingerprint density at radius 2 is 1.57 bits per heavy atom. The van der Waals surface area contributed by atoms with E-state index in [0.717, 1.165) is 5.69 Å². The Bertz CT molecular complexity index is 2300. The molecular formula is C46H57N3O12. The number of aromatic hydroxyl groups is 3. The molecule has 15 nitrogen and oxygen atoms in total. The number of Topliss-reactive ketones (excluding diaryl/α,β-unsaturated/α-hetero) is 1. The predicted octanol–water partition coefficient (Wildman–Crippen LogP) is 6.57. The number of amides is 1. The van der Waals surface area contributed by atoms with Crippen LogP contribution in [0.4, 0.5) is 17.1 Å². The molecule has 3 aliphatic rings. The number of carbonyl (C=O) groups excluding carboxylic acids is 3. The maximum absolute atomic E-state index is 14.5. The summed E-state index contributed by atoms with van der Waals surface area (Å²) in [6, 6.07) is 7.12. The molecule has 5 bridgehead atoms. The summed E-state index contributed by atoms with van der Waals surface area (Å²) in [6.45, 7) is 12.5. The fourth-order valence-electron chi connectivity index (χ4n) is 7.85. The highest BCUT2D eigenvalue weighted by Gasteiger charge is 2.50. The summed E-state index contributed by atoms with van der Waals surface area (Å²) < 4.78 is 23.6. The molecule has 61 heavy (non-hydrogen) atoms. The van der Waals surface area contributed by atoms with Crippen LogP contribution in [0.25, 0.3) is 10.8 Å². The van der Waals surface area contributed by atoms with Crippen molar-refractivity contribution >= 4 is 51.7 Å². The molecule has 328 valence electrons. The van der Waals surface area contributed by atoms with Crippen LogP contribution in [0.1, 0.15) is 70.0 Å². The number of rotatable bonds is 5. The van der Waals surface area contributed by atoms with E-state index in [-0.39, 0.29) is 44.5 Å². The van der Waals surface area contributed by atoms with Crippen LogP contribution in [0, 0.1) is 30.6 Å². The smallest absolute Gasteiger partial charge is 0.312 e. The van der Waals surface area contributed by atoms with Crippen molar-refractivity contribution in [2.24, 2.45) is 28.7 Å². The van der Waals surface area contributed by atoms with Gasteiger partial charge in [-0.05, 0) is 44.2 Å². The van der Waals surface area contributed by atoms with Gasteiger partial charge < -0.3 is 54.7 Å². The summed E-state index contributed by atoms with van der Waals surface area (Å²) in [5.41, 5.74) is 0.874. The first kappa shape index (κ1) is 46.2. The summed E-state index contributed by atoms with van der Waals surface area (Å²) in [4.78, 5) is 47.0. The normalized spacial score (nSPS) is 28.6. The number of carbonyl (C=O) groups is 3. The van der Waals surface area contributed by atoms with E-state index in [4.69, 9.17) is 18.9 Å². The van der Waals surface area contributed by atoms with Gasteiger partial charge in [-0.2, -0.15) is 0 Å². The van der Waals surface area contributed by atoms with Crippen molar-refractivity contribution in [3.63, 3.8) is 0 Å². The Morgan fingerprint density at radius 3 is 2.18 bits per heavy atom. The molecule has 3 aliphatic heterocycles. The number of aliphatic hydroxyl groups is 2. The minimum atomic E-state index is -2.06. The third-order valence-corrected chi connectivity index (χ3v) is 11.7. The van der Waals surface area contributed by atoms with E-state index in [0.29, 0.717) is 5.69 Å². The quantitative estimate of drug-likeness (QED) is 0.0694. The first-order chi connectivity index (χ1) is 28.6. The van der Waals surface area contributed by atoms with Gasteiger partial charge >= 0.3 is 11.8 Å². The second-order valence-corrected chi connectivity index (χ2v) is 16.3. The monoisotopic (exact) mass is 843 g/mol. The van der Waals surface area contributed by atoms with Gasteiger partial charge in [0.2, 0.25) is 0 Å². The number of phenols is 3. The summed E-state index contributed by atoms with van der Waals surface area (Å²) in [7, 11) is 5.20. The molecule has 9 unspecified atom stereocenters. The molecule has 0 aromatic heterocycles. The largest absolute Gasteiger partial charge is 0.507 e. The fourth-order valence-corrected chi connectivity index (χ4v) is 7.85. The zero-order valence-corrected chi connectivity index (χ0v) is 36.4. The maximum Gasteiger partial charge on any atom is 0.312 e. The van der Waals surface area contributed by atoms with Crippen LogP contribution in [0.3, 0.4) is 0 Å². The number of phenolic OH excluding ortho intramolecular Hbond substituents is 3. The van der Waals surface area contributed by atoms with Crippen LogP contribution >= 0.6 is 0 Å². The van der Waals surface area contributed by atoms with E-state index in [1.54, 1.807) is 52.0 Å². The lowest BCUT2D eigenvalue weighted by atomic mass is 9.78. The standard InChI is InChI=1S/C46H57N3O12/c1-22-13-12-14-23(2)45(57)48-36-31(21-47-29-15-17-30(18-16-29)49(9)10)40(54)33-34(41(36)55)39(53)27(6)43-35(33)44(56)46(8,61-43)59-20-19-32(58-11)24(3)42(60-28(7)50)26(5)38(52)25(4)37(22)51/h12-22,24-26,32,37-38,42,51-55H,1-11H3,(H,48,57)/b13-12+,20-19+,23-14?,47-21?. The molecule has 0 saturated carbocycles. The first-order valence-electron chi connectivity index (χ1n) is 20.0. The van der Waals surface area contributed by atoms with Crippen molar-refractivity contribution in [2.75, 3.05) is 31.4 Å². The predicted molar refractivity (Wildman–Crippen MR) is 232 cm³/mol. The van der Waals surface area contributed by atoms with E-state index >= 15 is 0 Å². The highest BCUT2D eigenvalue weighted by atomic mass is 16.7. The molecule has 3 heterocycles. The molecule has 0 aliphatic carbocycles. The number of aliphatic imine (C=N–C) groups is 1. The SMILES string of the molecule is COC1/C=C/OC2(C)Oc3c(C)c(O)c4c(O)c(c(C=Nc5ccc(N(C)C)cc5)c(O)c4c3C2=O)NC(=O)C(C)=C/C=C/C(C)C(O)C(C)C(O)C(C)C(OC(C)=O)C1C. The minimum absolute atomic E-state index is 0.0407. The number of anilines is 2. The van der Waals surface area contributed by atoms with Gasteiger partial charge in [0.05, 0.1) is 52.5 Å². The number of fused-ring (bicyclic) bond motifs is 14. The molecule has 6 rings (SSSR count). The lowest BCUT2D eigenvalue weighted by Gasteiger charge is -2.38. The lowest BCUT2D eigenvalue weighted by molar-refractivity contribution is -0.160. The molecule has 15 heteroatoms. The van der Waals surface area contributed by atoms with Gasteiger partial charge in [-0.3, -0.25) is 19.4 Å². The lowest BCUT2D eigenvalue weighted by Crippen LogP contribution is -2.46. The fraction of sp³-hybridized carbons (Fsp3) is 0.435. The van der Waals surface area contributed by atoms with Crippen LogP contribution in [-0.4, -0.2) is 101 Å². The number of allylic oxidation sites excluding steroid dienone is 2. The molecule has 1 amide bonds. The van der Waals surface area contributed by atoms with Crippen molar-refractivity contribution in [1.82, 2.24) is 0 Å². The van der Waals surface area contributed by atoms with Gasteiger partial charge in [0.25, 0.3) is 11.7 Å². The number of methoxy groups -OCH3 is 1. The van der Waals surface area contributed by atoms with E-state index < -0.39 is 88.8 Å². The number of ether oxygens (including phenoxy) is 4. The average molecular weight is 844 g/mol. The van der Waals surface area contributed by atoms with E-state index in [2.05, 4.69) is 10.3 Å². The van der Waals surface area contributed by atoms with E-state index in [9.17, 15) is 39.9 Å². The van der Waals surface area contributed by atoms with Gasteiger partial charge in [-0.15, -0.1) is 0 Å². The average Bonchev–Trinajstić information content (AvgIpc) is 3.49. The number of aliphatic hydroxyl groups excluding tert-OH is 2. The van der Waals surface area contributed by atoms with Crippen LogP contribution in [0.5, 0.6) is 23.0 Å². The van der Waals surface area contributed by atoms with Gasteiger partial charge in [-0.1, -0.05) is 45.9 Å². The number of esters is 1. The molecule has 6 N–H and O–H groups in total. The van der Waals surface area contributed by atoms with Crippen molar-refractivity contribution in [3.8, 4) is 23.0 Å². The third kappa shape index (κ3) is 9.09. The number of ketones is 1. The Morgan fingerprint density at radius 1 is 0.918 bits per heavy atom. The van der Waals surface area contributed by atoms with Gasteiger partial charge in [0, 0.05) is 87.1 Å². The molecule has 0 fully saturated rings. The Hall–Kier alpha value is -5.90. The number of hydrogen-bond donors (Lipinski definition) is 6. The molecule has 0 spiro atoms. The maximum atomic E-state index is 14.5. The first-order valence-corrected chi connectivity index (χ1v) is 20.0. The summed E-state index contributed by atoms with van der Waals surface area (Å²) >= 11 is 0. The third-order valence-electron chi connectivity index (χ3n) is 11.7. The molecule has 3 aromatic carbocycles. The number of nitrogens with one attached hydrogen (secondary N) is 1. The van der Waals surface area contributed by atoms with Crippen molar-refractivity contribution in [2.45, 2.75) is 85.6 Å². The zero-order valence-electron chi connectivity index (χ0n) is 36.4. The van der Waals surface area contributed by atoms with Crippen LogP contribution in [-0.2, 0) is 23.8 Å². The molecular weight excluding hydrogens is 787 g/mol. The van der Waals surface area contributed by atoms with E-state index in [1.165, 1.54) is 59.4 Å². The Kier molecular flexibility index (Phi) is 13.9. The van der Waals surface area contributed by atoms with Gasteiger partial charge in [0.1, 0.15) is 23.4 Å². The Balaban J connectivity index is 1.73. The van der Waals surface area contributed by atoms with Gasteiger partial charge in [-0.25, -0.2) is 0 Å². The highest BCUT2D eigenvalue weighted by molar-refractivity contribution is 6.24. The summed E-state index contributed by atoms with van der Waals surface area (Å²) in [5.74, 6) is -8.55. The summed E-state index contributed by atoms with van der Waals surface area (Å²) in [5, 5.41) is 60.6. The van der Waals surface area contributed by atoms with Gasteiger partial charge in [0.15, 0.2) is 5.75 Å². The number of nitrogens with zero attached hydrogens (tertiary/aromatic N) is 2. The second-order valence-electron chi connectivity index (χ2n) is 16.3. The van der Waals surface area contributed by atoms with Crippen LogP contribution in [0.2, 0.25) is 0 Å². The summed E-state index contributed by atoms with van der Waals surface area (Å²) in [6.07, 6.45) is 4.72. The minimum Gasteiger partial charge on any atom is -0.507 e.